The zero-order valence-electron chi connectivity index (χ0n) is 22.1. The van der Waals surface area contributed by atoms with Crippen molar-refractivity contribution in [3.8, 4) is 11.1 Å². The molecule has 9 rings (SSSR count). The van der Waals surface area contributed by atoms with Crippen LogP contribution in [0.4, 0.5) is 0 Å². The summed E-state index contributed by atoms with van der Waals surface area (Å²) >= 11 is 1.51. The van der Waals surface area contributed by atoms with Gasteiger partial charge in [-0.1, -0.05) is 60.1 Å². The number of fused-ring (bicyclic) bond motifs is 3. The van der Waals surface area contributed by atoms with Crippen LogP contribution in [0.25, 0.3) is 11.1 Å². The standard InChI is InChI=1S/C15H19.C13H9.C8H8.ClH.Zr/c1-2-4-14(3-1)15-8-11-5-12(9-15)7-13(6-11)10-15;1-3-7-12-10(5-1)9-11-6-2-4-8-13(11)12;1-2-8-6-4-3-5-7-8;;/h1-4,11-13H,5-10H2;1-5,7-8H,9H2;1,3-7H,2H2;1H;/q2*-1;;;/p-1. The molecule has 5 aliphatic rings. The Kier molecular flexibility index (Phi) is 9.07. The predicted octanol–water partition coefficient (Wildman–Crippen LogP) is 5.51. The van der Waals surface area contributed by atoms with E-state index in [2.05, 4.69) is 94.7 Å². The molecule has 4 aromatic carbocycles. The average Bonchev–Trinajstić information content (AvgIpc) is 3.59. The van der Waals surface area contributed by atoms with Crippen molar-refractivity contribution in [1.29, 1.82) is 0 Å². The van der Waals surface area contributed by atoms with Crippen molar-refractivity contribution in [2.45, 2.75) is 56.8 Å². The van der Waals surface area contributed by atoms with Gasteiger partial charge in [-0.05, 0) is 43.4 Å². The molecule has 5 aliphatic carbocycles. The Balaban J connectivity index is 0.000000119. The number of halogens is 1. The van der Waals surface area contributed by atoms with E-state index < -0.39 is 0 Å². The van der Waals surface area contributed by atoms with Gasteiger partial charge in [0.1, 0.15) is 0 Å². The van der Waals surface area contributed by atoms with Gasteiger partial charge >= 0.3 is 70.3 Å². The maximum Gasteiger partial charge on any atom is -0.0253 e. The van der Waals surface area contributed by atoms with Gasteiger partial charge in [-0.25, -0.2) is 6.07 Å². The molecule has 0 heterocycles. The van der Waals surface area contributed by atoms with Crippen LogP contribution in [0.3, 0.4) is 0 Å². The molecule has 0 N–H and O–H groups in total. The summed E-state index contributed by atoms with van der Waals surface area (Å²) < 4.78 is 2.25. The number of benzene rings is 3. The monoisotopic (exact) mass is 593 g/mol. The summed E-state index contributed by atoms with van der Waals surface area (Å²) in [6, 6.07) is 37.8. The molecular formula is C36H36ClZr-3. The van der Waals surface area contributed by atoms with Crippen LogP contribution in [0.2, 0.25) is 0 Å². The average molecular weight is 595 g/mol. The van der Waals surface area contributed by atoms with Crippen molar-refractivity contribution in [3.63, 3.8) is 0 Å². The molecule has 0 radical (unpaired) electrons. The van der Waals surface area contributed by atoms with E-state index in [1.807, 2.05) is 12.1 Å². The van der Waals surface area contributed by atoms with Crippen molar-refractivity contribution in [2.75, 3.05) is 0 Å². The third-order valence-corrected chi connectivity index (χ3v) is 9.61. The summed E-state index contributed by atoms with van der Waals surface area (Å²) in [5.74, 6) is 3.23. The SMILES string of the molecule is [Cl-].[Zr]=[CH]Cc1ccccc1.[c-]1cccc2c1Cc1ccccc1-2.c1cc(C23CC4CC(CC(C4)C2)C3)c[cH-]1. The van der Waals surface area contributed by atoms with E-state index >= 15 is 0 Å². The smallest absolute Gasteiger partial charge is 0.0253 e. The number of rotatable bonds is 3. The first-order chi connectivity index (χ1) is 18.2. The van der Waals surface area contributed by atoms with Crippen LogP contribution in [0.15, 0.2) is 97.1 Å². The molecular weight excluding hydrogens is 559 g/mol. The maximum absolute atomic E-state index is 3.30. The Morgan fingerprint density at radius 2 is 1.47 bits per heavy atom. The normalized spacial score (nSPS) is 25.0. The molecule has 0 aliphatic heterocycles. The van der Waals surface area contributed by atoms with Crippen molar-refractivity contribution in [2.24, 2.45) is 17.8 Å². The Morgan fingerprint density at radius 1 is 0.816 bits per heavy atom. The molecule has 0 nitrogen and oxygen atoms in total. The van der Waals surface area contributed by atoms with Gasteiger partial charge in [-0.3, -0.25) is 0 Å². The van der Waals surface area contributed by atoms with E-state index in [0.717, 1.165) is 30.6 Å². The molecule has 0 aromatic heterocycles. The van der Waals surface area contributed by atoms with E-state index in [1.165, 1.54) is 71.3 Å². The molecule has 0 atom stereocenters. The summed E-state index contributed by atoms with van der Waals surface area (Å²) in [6.07, 6.45) is 11.3. The molecule has 4 aromatic rings. The van der Waals surface area contributed by atoms with Crippen LogP contribution in [0, 0.1) is 23.8 Å². The second kappa shape index (κ2) is 12.5. The van der Waals surface area contributed by atoms with Gasteiger partial charge in [0.05, 0.1) is 0 Å². The fourth-order valence-electron chi connectivity index (χ4n) is 7.92. The summed E-state index contributed by atoms with van der Waals surface area (Å²) in [6.45, 7) is 0. The minimum Gasteiger partial charge on any atom is -0.210 e. The molecule has 4 fully saturated rings. The Labute approximate surface area is 250 Å². The van der Waals surface area contributed by atoms with E-state index in [0.29, 0.717) is 5.41 Å². The first-order valence-electron chi connectivity index (χ1n) is 14.1. The quantitative estimate of drug-likeness (QED) is 0.242. The van der Waals surface area contributed by atoms with E-state index in [4.69, 9.17) is 0 Å². The third kappa shape index (κ3) is 5.95. The summed E-state index contributed by atoms with van der Waals surface area (Å²) in [4.78, 5) is 0. The second-order valence-corrected chi connectivity index (χ2v) is 12.7. The van der Waals surface area contributed by atoms with Gasteiger partial charge in [-0.15, -0.1) is 5.56 Å². The van der Waals surface area contributed by atoms with E-state index in [9.17, 15) is 0 Å². The van der Waals surface area contributed by atoms with Crippen molar-refractivity contribution in [3.05, 3.63) is 125 Å². The molecule has 2 heteroatoms. The maximum atomic E-state index is 3.30. The Hall–Kier alpha value is -1.95. The molecule has 0 spiro atoms. The first-order valence-corrected chi connectivity index (χ1v) is 15.5. The first kappa shape index (κ1) is 27.6. The van der Waals surface area contributed by atoms with Crippen LogP contribution in [-0.2, 0) is 42.5 Å². The van der Waals surface area contributed by atoms with Gasteiger partial charge in [0, 0.05) is 0 Å². The zero-order valence-corrected chi connectivity index (χ0v) is 25.3. The zero-order chi connectivity index (χ0) is 25.1. The topological polar surface area (TPSA) is 0 Å². The molecule has 4 bridgehead atoms. The van der Waals surface area contributed by atoms with E-state index in [-0.39, 0.29) is 12.4 Å². The van der Waals surface area contributed by atoms with Gasteiger partial charge in [-0.2, -0.15) is 53.6 Å². The number of hydrogen-bond acceptors (Lipinski definition) is 0. The molecule has 38 heavy (non-hydrogen) atoms. The van der Waals surface area contributed by atoms with Gasteiger partial charge in [0.25, 0.3) is 0 Å². The van der Waals surface area contributed by atoms with Crippen molar-refractivity contribution >= 4 is 3.71 Å². The van der Waals surface area contributed by atoms with Crippen LogP contribution in [0.1, 0.15) is 60.8 Å². The minimum absolute atomic E-state index is 0. The molecule has 0 unspecified atom stereocenters. The summed E-state index contributed by atoms with van der Waals surface area (Å²) in [5, 5.41) is 0. The number of hydrogen-bond donors (Lipinski definition) is 0. The summed E-state index contributed by atoms with van der Waals surface area (Å²) in [5.41, 5.74) is 9.21. The van der Waals surface area contributed by atoms with E-state index in [1.54, 1.807) is 24.8 Å². The fourth-order valence-corrected chi connectivity index (χ4v) is 8.50. The predicted molar refractivity (Wildman–Crippen MR) is 152 cm³/mol. The van der Waals surface area contributed by atoms with Crippen LogP contribution in [-0.4, -0.2) is 3.71 Å². The molecule has 0 saturated heterocycles. The third-order valence-electron chi connectivity index (χ3n) is 9.11. The molecule has 0 amide bonds. The molecule has 194 valence electrons. The Morgan fingerprint density at radius 3 is 2.13 bits per heavy atom. The second-order valence-electron chi connectivity index (χ2n) is 11.7. The fraction of sp³-hybridized carbons (Fsp3) is 0.333. The van der Waals surface area contributed by atoms with Gasteiger partial charge < -0.3 is 12.4 Å². The van der Waals surface area contributed by atoms with Crippen LogP contribution in [0.5, 0.6) is 0 Å². The van der Waals surface area contributed by atoms with Crippen LogP contribution < -0.4 is 12.4 Å². The largest absolute Gasteiger partial charge is 0.210 e. The van der Waals surface area contributed by atoms with Crippen LogP contribution >= 0.6 is 0 Å². The van der Waals surface area contributed by atoms with Crippen molar-refractivity contribution < 1.29 is 36.6 Å². The molecule has 4 saturated carbocycles. The minimum atomic E-state index is 0. The van der Waals surface area contributed by atoms with Gasteiger partial charge in [0.15, 0.2) is 0 Å². The Bertz CT molecular complexity index is 1240. The van der Waals surface area contributed by atoms with Crippen molar-refractivity contribution in [1.82, 2.24) is 0 Å². The van der Waals surface area contributed by atoms with Gasteiger partial charge in [0.2, 0.25) is 0 Å². The summed E-state index contributed by atoms with van der Waals surface area (Å²) in [7, 11) is 0.